The molecule has 1 unspecified atom stereocenters. The minimum absolute atomic E-state index is 0.0563. The molecule has 0 saturated carbocycles. The molecule has 1 saturated heterocycles. The molecule has 1 aliphatic rings. The highest BCUT2D eigenvalue weighted by Gasteiger charge is 2.28. The zero-order valence-electron chi connectivity index (χ0n) is 14.3. The van der Waals surface area contributed by atoms with Crippen LogP contribution in [-0.4, -0.2) is 39.9 Å². The second-order valence-electron chi connectivity index (χ2n) is 6.34. The predicted octanol–water partition coefficient (Wildman–Crippen LogP) is 3.16. The van der Waals surface area contributed by atoms with Gasteiger partial charge >= 0.3 is 0 Å². The van der Waals surface area contributed by atoms with Gasteiger partial charge in [-0.25, -0.2) is 4.98 Å². The molecule has 1 amide bonds. The topological polar surface area (TPSA) is 60.2 Å². The fraction of sp³-hybridized carbons (Fsp3) is 0.389. The van der Waals surface area contributed by atoms with Crippen molar-refractivity contribution in [3.63, 3.8) is 0 Å². The molecule has 4 rings (SSSR count). The largest absolute Gasteiger partial charge is 0.376 e. The van der Waals surface area contributed by atoms with Crippen molar-refractivity contribution in [2.45, 2.75) is 25.9 Å². The molecule has 1 fully saturated rings. The van der Waals surface area contributed by atoms with Gasteiger partial charge in [-0.3, -0.25) is 14.4 Å². The summed E-state index contributed by atoms with van der Waals surface area (Å²) < 4.78 is 8.47. The van der Waals surface area contributed by atoms with Gasteiger partial charge in [-0.15, -0.1) is 0 Å². The highest BCUT2D eigenvalue weighted by Crippen LogP contribution is 2.32. The second-order valence-corrected chi connectivity index (χ2v) is 7.35. The molecule has 130 valence electrons. The molecule has 0 bridgehead atoms. The van der Waals surface area contributed by atoms with Gasteiger partial charge in [0.1, 0.15) is 0 Å². The maximum absolute atomic E-state index is 13.1. The minimum Gasteiger partial charge on any atom is -0.376 e. The van der Waals surface area contributed by atoms with Crippen molar-refractivity contribution in [2.24, 2.45) is 7.05 Å². The van der Waals surface area contributed by atoms with E-state index >= 15 is 0 Å². The van der Waals surface area contributed by atoms with Crippen LogP contribution < -0.4 is 4.90 Å². The van der Waals surface area contributed by atoms with E-state index in [0.717, 1.165) is 35.2 Å². The van der Waals surface area contributed by atoms with Crippen molar-refractivity contribution < 1.29 is 9.53 Å². The molecule has 0 spiro atoms. The summed E-state index contributed by atoms with van der Waals surface area (Å²) in [5.41, 5.74) is 2.49. The van der Waals surface area contributed by atoms with Crippen molar-refractivity contribution in [1.29, 1.82) is 0 Å². The van der Waals surface area contributed by atoms with Gasteiger partial charge < -0.3 is 4.74 Å². The Morgan fingerprint density at radius 1 is 1.44 bits per heavy atom. The minimum atomic E-state index is -0.132. The number of fused-ring (bicyclic) bond motifs is 1. The summed E-state index contributed by atoms with van der Waals surface area (Å²) in [6, 6.07) is 7.84. The van der Waals surface area contributed by atoms with Crippen LogP contribution in [-0.2, 0) is 11.8 Å². The second kappa shape index (κ2) is 6.57. The Bertz CT molecular complexity index is 911. The fourth-order valence-electron chi connectivity index (χ4n) is 3.10. The maximum atomic E-state index is 13.1. The Kier molecular flexibility index (Phi) is 4.27. The van der Waals surface area contributed by atoms with Gasteiger partial charge in [0.25, 0.3) is 5.91 Å². The number of carbonyl (C=O) groups excluding carboxylic acids is 1. The molecule has 0 N–H and O–H groups in total. The number of nitrogens with zero attached hydrogens (tertiary/aromatic N) is 4. The van der Waals surface area contributed by atoms with Crippen molar-refractivity contribution in [2.75, 3.05) is 18.1 Å². The normalized spacial score (nSPS) is 17.3. The monoisotopic (exact) mass is 356 g/mol. The zero-order chi connectivity index (χ0) is 17.4. The molecule has 3 heterocycles. The number of carbonyl (C=O) groups is 1. The van der Waals surface area contributed by atoms with Crippen LogP contribution in [0.2, 0.25) is 0 Å². The summed E-state index contributed by atoms with van der Waals surface area (Å²) in [7, 11) is 1.81. The van der Waals surface area contributed by atoms with Gasteiger partial charge in [-0.05, 0) is 37.5 Å². The van der Waals surface area contributed by atoms with Gasteiger partial charge in [0.05, 0.1) is 22.9 Å². The van der Waals surface area contributed by atoms with Crippen molar-refractivity contribution in [3.8, 4) is 0 Å². The summed E-state index contributed by atoms with van der Waals surface area (Å²) in [6.07, 6.45) is 3.84. The van der Waals surface area contributed by atoms with E-state index < -0.39 is 0 Å². The highest BCUT2D eigenvalue weighted by atomic mass is 32.1. The third-order valence-electron chi connectivity index (χ3n) is 4.43. The van der Waals surface area contributed by atoms with Gasteiger partial charge in [0.2, 0.25) is 0 Å². The Hall–Kier alpha value is -2.25. The number of benzene rings is 1. The number of hydrogen-bond acceptors (Lipinski definition) is 5. The van der Waals surface area contributed by atoms with E-state index in [1.54, 1.807) is 21.8 Å². The molecule has 7 heteroatoms. The van der Waals surface area contributed by atoms with Gasteiger partial charge in [0, 0.05) is 19.9 Å². The number of anilines is 1. The van der Waals surface area contributed by atoms with Gasteiger partial charge in [-0.1, -0.05) is 23.5 Å². The Balaban J connectivity index is 1.72. The van der Waals surface area contributed by atoms with Crippen LogP contribution in [0.15, 0.2) is 30.5 Å². The maximum Gasteiger partial charge on any atom is 0.280 e. The number of para-hydroxylation sites is 1. The lowest BCUT2D eigenvalue weighted by Crippen LogP contribution is -2.37. The molecule has 1 aliphatic heterocycles. The summed E-state index contributed by atoms with van der Waals surface area (Å²) >= 11 is 1.54. The van der Waals surface area contributed by atoms with E-state index in [-0.39, 0.29) is 12.0 Å². The number of aromatic nitrogens is 3. The number of amides is 1. The Morgan fingerprint density at radius 2 is 2.32 bits per heavy atom. The molecule has 1 aromatic carbocycles. The fourth-order valence-corrected chi connectivity index (χ4v) is 4.15. The molecule has 0 radical (unpaired) electrons. The SMILES string of the molecule is Cc1cccc2sc(N(CC3CCCO3)C(=O)c3ccn(C)n3)nc12. The van der Waals surface area contributed by atoms with Crippen molar-refractivity contribution >= 4 is 32.6 Å². The third-order valence-corrected chi connectivity index (χ3v) is 5.47. The average Bonchev–Trinajstić information content (AvgIpc) is 3.32. The average molecular weight is 356 g/mol. The first kappa shape index (κ1) is 16.2. The Labute approximate surface area is 150 Å². The number of rotatable bonds is 4. The van der Waals surface area contributed by atoms with E-state index in [1.165, 1.54) is 11.3 Å². The van der Waals surface area contributed by atoms with Crippen molar-refractivity contribution in [3.05, 3.63) is 41.7 Å². The lowest BCUT2D eigenvalue weighted by atomic mass is 10.2. The van der Waals surface area contributed by atoms with Crippen LogP contribution in [0.3, 0.4) is 0 Å². The summed E-state index contributed by atoms with van der Waals surface area (Å²) in [5.74, 6) is -0.132. The zero-order valence-corrected chi connectivity index (χ0v) is 15.1. The molecule has 25 heavy (non-hydrogen) atoms. The first-order valence-corrected chi connectivity index (χ1v) is 9.23. The predicted molar refractivity (Wildman–Crippen MR) is 98.2 cm³/mol. The van der Waals surface area contributed by atoms with Crippen LogP contribution in [0.25, 0.3) is 10.2 Å². The van der Waals surface area contributed by atoms with E-state index in [0.29, 0.717) is 17.4 Å². The van der Waals surface area contributed by atoms with Crippen molar-refractivity contribution in [1.82, 2.24) is 14.8 Å². The lowest BCUT2D eigenvalue weighted by molar-refractivity contribution is 0.0913. The summed E-state index contributed by atoms with van der Waals surface area (Å²) in [5, 5.41) is 4.97. The molecule has 0 aliphatic carbocycles. The van der Waals surface area contributed by atoms with Crippen LogP contribution in [0, 0.1) is 6.92 Å². The smallest absolute Gasteiger partial charge is 0.280 e. The molecule has 2 aromatic heterocycles. The molecular weight excluding hydrogens is 336 g/mol. The highest BCUT2D eigenvalue weighted by molar-refractivity contribution is 7.22. The van der Waals surface area contributed by atoms with Gasteiger partial charge in [0.15, 0.2) is 10.8 Å². The molecule has 1 atom stereocenters. The first-order chi connectivity index (χ1) is 12.1. The first-order valence-electron chi connectivity index (χ1n) is 8.41. The van der Waals surface area contributed by atoms with E-state index in [9.17, 15) is 4.79 Å². The quantitative estimate of drug-likeness (QED) is 0.720. The number of hydrogen-bond donors (Lipinski definition) is 0. The van der Waals surface area contributed by atoms with Crippen LogP contribution in [0.5, 0.6) is 0 Å². The van der Waals surface area contributed by atoms with Crippen LogP contribution >= 0.6 is 11.3 Å². The van der Waals surface area contributed by atoms with E-state index in [1.807, 2.05) is 32.2 Å². The van der Waals surface area contributed by atoms with Crippen LogP contribution in [0.1, 0.15) is 28.9 Å². The molecular formula is C18H20N4O2S. The molecule has 6 nitrogen and oxygen atoms in total. The number of thiazole rings is 1. The standard InChI is InChI=1S/C18H20N4O2S/c1-12-5-3-7-15-16(12)19-18(25-15)22(11-13-6-4-10-24-13)17(23)14-8-9-21(2)20-14/h3,5,7-9,13H,4,6,10-11H2,1-2H3. The van der Waals surface area contributed by atoms with E-state index in [4.69, 9.17) is 9.72 Å². The molecule has 3 aromatic rings. The number of ether oxygens (including phenoxy) is 1. The van der Waals surface area contributed by atoms with Crippen LogP contribution in [0.4, 0.5) is 5.13 Å². The van der Waals surface area contributed by atoms with E-state index in [2.05, 4.69) is 5.10 Å². The van der Waals surface area contributed by atoms with Gasteiger partial charge in [-0.2, -0.15) is 5.10 Å². The Morgan fingerprint density at radius 3 is 3.00 bits per heavy atom. The number of aryl methyl sites for hydroxylation is 2. The summed E-state index contributed by atoms with van der Waals surface area (Å²) in [6.45, 7) is 3.31. The lowest BCUT2D eigenvalue weighted by Gasteiger charge is -2.22. The summed E-state index contributed by atoms with van der Waals surface area (Å²) in [4.78, 5) is 19.5. The third kappa shape index (κ3) is 3.17.